The van der Waals surface area contributed by atoms with Gasteiger partial charge in [-0.3, -0.25) is 0 Å². The molecule has 0 saturated carbocycles. The lowest BCUT2D eigenvalue weighted by molar-refractivity contribution is 0.465. The van der Waals surface area contributed by atoms with Gasteiger partial charge in [0, 0.05) is 6.04 Å². The largest absolute Gasteiger partial charge is 0.313 e. The molecule has 17 heavy (non-hydrogen) atoms. The molecule has 0 bridgehead atoms. The fraction of sp³-hybridized carbons (Fsp3) is 0.625. The molecule has 1 nitrogen and oxygen atoms in total. The van der Waals surface area contributed by atoms with Gasteiger partial charge in [0.25, 0.3) is 0 Å². The Labute approximate surface area is 107 Å². The number of benzene rings is 1. The first-order valence-corrected chi connectivity index (χ1v) is 6.93. The van der Waals surface area contributed by atoms with E-state index in [1.165, 1.54) is 36.8 Å². The zero-order chi connectivity index (χ0) is 12.7. The Morgan fingerprint density at radius 1 is 1.06 bits per heavy atom. The Morgan fingerprint density at radius 3 is 2.18 bits per heavy atom. The molecule has 1 aromatic rings. The molecule has 1 rings (SSSR count). The van der Waals surface area contributed by atoms with E-state index in [9.17, 15) is 0 Å². The fourth-order valence-electron chi connectivity index (χ4n) is 2.18. The van der Waals surface area contributed by atoms with Crippen LogP contribution in [0.1, 0.15) is 57.2 Å². The molecule has 0 amide bonds. The Balaban J connectivity index is 2.61. The maximum atomic E-state index is 3.43. The number of hydrogen-bond donors (Lipinski definition) is 1. The second-order valence-electron chi connectivity index (χ2n) is 5.30. The van der Waals surface area contributed by atoms with E-state index in [-0.39, 0.29) is 0 Å². The van der Waals surface area contributed by atoms with Crippen LogP contribution in [0.5, 0.6) is 0 Å². The van der Waals surface area contributed by atoms with E-state index in [1.54, 1.807) is 0 Å². The first kappa shape index (κ1) is 14.2. The van der Waals surface area contributed by atoms with Crippen molar-refractivity contribution in [2.24, 2.45) is 5.92 Å². The van der Waals surface area contributed by atoms with Crippen molar-refractivity contribution in [1.29, 1.82) is 0 Å². The molecule has 1 N–H and O–H groups in total. The van der Waals surface area contributed by atoms with Crippen LogP contribution in [0.2, 0.25) is 0 Å². The van der Waals surface area contributed by atoms with Crippen LogP contribution in [-0.4, -0.2) is 7.05 Å². The molecule has 0 aromatic heterocycles. The van der Waals surface area contributed by atoms with Gasteiger partial charge in [-0.25, -0.2) is 0 Å². The second kappa shape index (κ2) is 7.50. The molecule has 0 aliphatic rings. The monoisotopic (exact) mass is 233 g/mol. The van der Waals surface area contributed by atoms with Crippen molar-refractivity contribution in [2.45, 2.75) is 52.5 Å². The Kier molecular flexibility index (Phi) is 6.28. The van der Waals surface area contributed by atoms with Crippen molar-refractivity contribution in [2.75, 3.05) is 7.05 Å². The predicted molar refractivity (Wildman–Crippen MR) is 76.3 cm³/mol. The van der Waals surface area contributed by atoms with Gasteiger partial charge in [0.15, 0.2) is 0 Å². The van der Waals surface area contributed by atoms with E-state index in [0.29, 0.717) is 6.04 Å². The van der Waals surface area contributed by atoms with E-state index >= 15 is 0 Å². The van der Waals surface area contributed by atoms with Crippen LogP contribution in [0.4, 0.5) is 0 Å². The van der Waals surface area contributed by atoms with Gasteiger partial charge in [0.2, 0.25) is 0 Å². The predicted octanol–water partition coefficient (Wildman–Crippen LogP) is 4.34. The number of nitrogens with one attached hydrogen (secondary N) is 1. The van der Waals surface area contributed by atoms with Crippen molar-refractivity contribution < 1.29 is 0 Å². The van der Waals surface area contributed by atoms with Crippen LogP contribution >= 0.6 is 0 Å². The van der Waals surface area contributed by atoms with Crippen LogP contribution in [0.3, 0.4) is 0 Å². The summed E-state index contributed by atoms with van der Waals surface area (Å²) in [6.07, 6.45) is 4.92. The quantitative estimate of drug-likeness (QED) is 0.739. The molecule has 0 radical (unpaired) electrons. The third-order valence-corrected chi connectivity index (χ3v) is 3.30. The van der Waals surface area contributed by atoms with Crippen LogP contribution in [0.15, 0.2) is 24.3 Å². The lowest BCUT2D eigenvalue weighted by Gasteiger charge is -2.18. The lowest BCUT2D eigenvalue weighted by Crippen LogP contribution is -2.16. The summed E-state index contributed by atoms with van der Waals surface area (Å²) in [5.74, 6) is 0.783. The Bertz CT molecular complexity index is 300. The first-order chi connectivity index (χ1) is 8.17. The molecular formula is C16H27N. The highest BCUT2D eigenvalue weighted by molar-refractivity contribution is 5.25. The van der Waals surface area contributed by atoms with Gasteiger partial charge in [0.1, 0.15) is 0 Å². The number of rotatable bonds is 7. The fourth-order valence-corrected chi connectivity index (χ4v) is 2.18. The maximum Gasteiger partial charge on any atom is 0.0317 e. The van der Waals surface area contributed by atoms with Crippen molar-refractivity contribution in [1.82, 2.24) is 5.32 Å². The molecule has 0 aliphatic heterocycles. The zero-order valence-corrected chi connectivity index (χ0v) is 11.8. The van der Waals surface area contributed by atoms with Gasteiger partial charge in [-0.1, -0.05) is 51.5 Å². The van der Waals surface area contributed by atoms with Gasteiger partial charge in [-0.2, -0.15) is 0 Å². The van der Waals surface area contributed by atoms with E-state index in [1.807, 2.05) is 0 Å². The smallest absolute Gasteiger partial charge is 0.0317 e. The molecule has 1 aromatic carbocycles. The minimum atomic E-state index is 0.507. The van der Waals surface area contributed by atoms with Crippen LogP contribution in [-0.2, 0) is 6.42 Å². The van der Waals surface area contributed by atoms with Crippen LogP contribution < -0.4 is 5.32 Å². The van der Waals surface area contributed by atoms with E-state index in [0.717, 1.165) is 5.92 Å². The molecule has 0 aliphatic carbocycles. The number of hydrogen-bond acceptors (Lipinski definition) is 1. The zero-order valence-electron chi connectivity index (χ0n) is 11.8. The summed E-state index contributed by atoms with van der Waals surface area (Å²) in [7, 11) is 2.06. The topological polar surface area (TPSA) is 12.0 Å². The van der Waals surface area contributed by atoms with Crippen LogP contribution in [0.25, 0.3) is 0 Å². The van der Waals surface area contributed by atoms with Gasteiger partial charge >= 0.3 is 0 Å². The molecule has 96 valence electrons. The maximum absolute atomic E-state index is 3.43. The summed E-state index contributed by atoms with van der Waals surface area (Å²) in [5, 5.41) is 3.43. The Morgan fingerprint density at radius 2 is 1.71 bits per heavy atom. The molecule has 0 fully saturated rings. The third-order valence-electron chi connectivity index (χ3n) is 3.30. The van der Waals surface area contributed by atoms with E-state index < -0.39 is 0 Å². The molecule has 0 heterocycles. The SMILES string of the molecule is CCCc1ccc(C(CCC(C)C)NC)cc1. The normalized spacial score (nSPS) is 13.0. The summed E-state index contributed by atoms with van der Waals surface area (Å²) >= 11 is 0. The standard InChI is InChI=1S/C16H27N/c1-5-6-14-8-10-15(11-9-14)16(17-4)12-7-13(2)3/h8-11,13,16-17H,5-7,12H2,1-4H3. The third kappa shape index (κ3) is 4.91. The second-order valence-corrected chi connectivity index (χ2v) is 5.30. The summed E-state index contributed by atoms with van der Waals surface area (Å²) in [5.41, 5.74) is 2.88. The summed E-state index contributed by atoms with van der Waals surface area (Å²) < 4.78 is 0. The summed E-state index contributed by atoms with van der Waals surface area (Å²) in [4.78, 5) is 0. The van der Waals surface area contributed by atoms with Crippen molar-refractivity contribution in [3.8, 4) is 0 Å². The highest BCUT2D eigenvalue weighted by Gasteiger charge is 2.09. The summed E-state index contributed by atoms with van der Waals surface area (Å²) in [6, 6.07) is 9.63. The molecule has 1 heteroatoms. The minimum Gasteiger partial charge on any atom is -0.313 e. The van der Waals surface area contributed by atoms with Crippen molar-refractivity contribution in [3.05, 3.63) is 35.4 Å². The molecule has 0 saturated heterocycles. The van der Waals surface area contributed by atoms with E-state index in [4.69, 9.17) is 0 Å². The summed E-state index contributed by atoms with van der Waals surface area (Å²) in [6.45, 7) is 6.81. The highest BCUT2D eigenvalue weighted by Crippen LogP contribution is 2.21. The van der Waals surface area contributed by atoms with Crippen molar-refractivity contribution >= 4 is 0 Å². The van der Waals surface area contributed by atoms with Gasteiger partial charge in [-0.05, 0) is 43.4 Å². The molecule has 1 unspecified atom stereocenters. The average Bonchev–Trinajstić information content (AvgIpc) is 2.32. The van der Waals surface area contributed by atoms with Crippen molar-refractivity contribution in [3.63, 3.8) is 0 Å². The Hall–Kier alpha value is -0.820. The average molecular weight is 233 g/mol. The molecule has 1 atom stereocenters. The van der Waals surface area contributed by atoms with Crippen LogP contribution in [0, 0.1) is 5.92 Å². The van der Waals surface area contributed by atoms with Gasteiger partial charge in [0.05, 0.1) is 0 Å². The highest BCUT2D eigenvalue weighted by atomic mass is 14.9. The van der Waals surface area contributed by atoms with Gasteiger partial charge in [-0.15, -0.1) is 0 Å². The lowest BCUT2D eigenvalue weighted by atomic mass is 9.96. The molecule has 0 spiro atoms. The minimum absolute atomic E-state index is 0.507. The number of aryl methyl sites for hydroxylation is 1. The molecular weight excluding hydrogens is 206 g/mol. The first-order valence-electron chi connectivity index (χ1n) is 6.93. The van der Waals surface area contributed by atoms with E-state index in [2.05, 4.69) is 57.4 Å². The van der Waals surface area contributed by atoms with Gasteiger partial charge < -0.3 is 5.32 Å².